The van der Waals surface area contributed by atoms with E-state index in [9.17, 15) is 9.59 Å². The van der Waals surface area contributed by atoms with Crippen molar-refractivity contribution < 1.29 is 14.3 Å². The third-order valence-corrected chi connectivity index (χ3v) is 8.60. The molecule has 0 saturated heterocycles. The lowest BCUT2D eigenvalue weighted by Gasteiger charge is -2.26. The van der Waals surface area contributed by atoms with E-state index in [-0.39, 0.29) is 17.7 Å². The van der Waals surface area contributed by atoms with Gasteiger partial charge in [0.2, 0.25) is 0 Å². The SMILES string of the molecule is CCOC(=O)C1=C(C)N=c2s/c(=C\c3cc(C)n(-c4ccc(N(C)C)cc4)c3C)c(=O)n2[C@H]1c1cc(Cl)ccc1OC. The molecule has 0 radical (unpaired) electrons. The number of thiazole rings is 1. The summed E-state index contributed by atoms with van der Waals surface area (Å²) in [6, 6.07) is 14.7. The average molecular weight is 605 g/mol. The van der Waals surface area contributed by atoms with Crippen LogP contribution in [-0.4, -0.2) is 42.9 Å². The summed E-state index contributed by atoms with van der Waals surface area (Å²) in [6.45, 7) is 7.77. The fraction of sp³-hybridized carbons (Fsp3) is 0.281. The number of carbonyl (C=O) groups excluding carboxylic acids is 1. The van der Waals surface area contributed by atoms with Crippen LogP contribution in [0, 0.1) is 13.8 Å². The van der Waals surface area contributed by atoms with Crippen LogP contribution in [0.2, 0.25) is 5.02 Å². The van der Waals surface area contributed by atoms with Crippen molar-refractivity contribution in [1.29, 1.82) is 0 Å². The fourth-order valence-electron chi connectivity index (χ4n) is 5.38. The second-order valence-electron chi connectivity index (χ2n) is 10.3. The molecule has 0 bridgehead atoms. The predicted molar refractivity (Wildman–Crippen MR) is 168 cm³/mol. The standard InChI is InChI=1S/C32H33ClN4O4S/c1-8-41-31(39)28-19(3)34-32-37(29(28)25-17-22(33)9-14-26(25)40-7)30(38)27(42-32)16-21-15-18(2)36(20(21)4)24-12-10-23(11-13-24)35(5)6/h9-17,29H,8H2,1-7H3/b27-16-/t29-/m0/s1. The smallest absolute Gasteiger partial charge is 0.338 e. The van der Waals surface area contributed by atoms with Crippen LogP contribution in [-0.2, 0) is 9.53 Å². The van der Waals surface area contributed by atoms with E-state index in [1.54, 1.807) is 43.7 Å². The van der Waals surface area contributed by atoms with Crippen LogP contribution in [0.3, 0.4) is 0 Å². The third kappa shape index (κ3) is 5.18. The molecule has 4 aromatic rings. The minimum Gasteiger partial charge on any atom is -0.496 e. The van der Waals surface area contributed by atoms with Crippen LogP contribution >= 0.6 is 22.9 Å². The Labute approximate surface area is 253 Å². The highest BCUT2D eigenvalue weighted by molar-refractivity contribution is 7.07. The molecule has 42 heavy (non-hydrogen) atoms. The molecule has 0 unspecified atom stereocenters. The van der Waals surface area contributed by atoms with Crippen molar-refractivity contribution in [3.63, 3.8) is 0 Å². The van der Waals surface area contributed by atoms with Gasteiger partial charge in [0, 0.05) is 47.4 Å². The van der Waals surface area contributed by atoms with Crippen LogP contribution < -0.4 is 24.5 Å². The molecule has 1 atom stereocenters. The Morgan fingerprint density at radius 2 is 1.83 bits per heavy atom. The molecule has 1 aliphatic heterocycles. The minimum absolute atomic E-state index is 0.187. The molecule has 218 valence electrons. The molecule has 2 aromatic heterocycles. The van der Waals surface area contributed by atoms with Crippen LogP contribution in [0.1, 0.15) is 42.4 Å². The Balaban J connectivity index is 1.69. The van der Waals surface area contributed by atoms with Crippen molar-refractivity contribution in [1.82, 2.24) is 9.13 Å². The summed E-state index contributed by atoms with van der Waals surface area (Å²) in [7, 11) is 5.57. The Morgan fingerprint density at radius 3 is 2.48 bits per heavy atom. The first kappa shape index (κ1) is 29.4. The number of aryl methyl sites for hydroxylation is 1. The zero-order chi connectivity index (χ0) is 30.3. The van der Waals surface area contributed by atoms with Gasteiger partial charge in [0.05, 0.1) is 29.5 Å². The van der Waals surface area contributed by atoms with Gasteiger partial charge in [-0.1, -0.05) is 22.9 Å². The van der Waals surface area contributed by atoms with E-state index in [0.29, 0.717) is 31.4 Å². The lowest BCUT2D eigenvalue weighted by Crippen LogP contribution is -2.40. The highest BCUT2D eigenvalue weighted by Gasteiger charge is 2.35. The van der Waals surface area contributed by atoms with E-state index in [4.69, 9.17) is 21.1 Å². The number of benzene rings is 2. The maximum atomic E-state index is 14.1. The third-order valence-electron chi connectivity index (χ3n) is 7.38. The Kier molecular flexibility index (Phi) is 8.17. The molecular weight excluding hydrogens is 572 g/mol. The summed E-state index contributed by atoms with van der Waals surface area (Å²) in [6.07, 6.45) is 1.90. The molecule has 5 rings (SSSR count). The van der Waals surface area contributed by atoms with Crippen molar-refractivity contribution in [2.75, 3.05) is 32.7 Å². The molecule has 0 aliphatic carbocycles. The van der Waals surface area contributed by atoms with Crippen LogP contribution in [0.5, 0.6) is 5.75 Å². The molecule has 10 heteroatoms. The number of carbonyl (C=O) groups is 1. The first-order chi connectivity index (χ1) is 20.0. The molecule has 0 spiro atoms. The maximum Gasteiger partial charge on any atom is 0.338 e. The summed E-state index contributed by atoms with van der Waals surface area (Å²) >= 11 is 7.68. The quantitative estimate of drug-likeness (QED) is 0.280. The number of rotatable bonds is 7. The normalized spacial score (nSPS) is 15.0. The van der Waals surface area contributed by atoms with Crippen molar-refractivity contribution in [3.05, 3.63) is 107 Å². The first-order valence-electron chi connectivity index (χ1n) is 13.6. The number of hydrogen-bond acceptors (Lipinski definition) is 7. The molecule has 0 saturated carbocycles. The van der Waals surface area contributed by atoms with Gasteiger partial charge in [-0.3, -0.25) is 9.36 Å². The minimum atomic E-state index is -0.821. The molecule has 2 aromatic carbocycles. The predicted octanol–water partition coefficient (Wildman–Crippen LogP) is 4.93. The summed E-state index contributed by atoms with van der Waals surface area (Å²) < 4.78 is 15.3. The molecule has 3 heterocycles. The number of anilines is 1. The van der Waals surface area contributed by atoms with E-state index < -0.39 is 12.0 Å². The van der Waals surface area contributed by atoms with Gasteiger partial charge in [-0.05, 0) is 87.9 Å². The number of nitrogens with zero attached hydrogens (tertiary/aromatic N) is 4. The van der Waals surface area contributed by atoms with Crippen molar-refractivity contribution in [2.45, 2.75) is 33.7 Å². The van der Waals surface area contributed by atoms with Gasteiger partial charge in [0.25, 0.3) is 5.56 Å². The summed E-state index contributed by atoms with van der Waals surface area (Å²) in [5.74, 6) is -0.0387. The molecule has 0 fully saturated rings. The van der Waals surface area contributed by atoms with Gasteiger partial charge in [-0.25, -0.2) is 9.79 Å². The number of halogens is 1. The zero-order valence-corrected chi connectivity index (χ0v) is 26.3. The van der Waals surface area contributed by atoms with Crippen LogP contribution in [0.4, 0.5) is 5.69 Å². The van der Waals surface area contributed by atoms with Crippen molar-refractivity contribution in [3.8, 4) is 11.4 Å². The Morgan fingerprint density at radius 1 is 1.12 bits per heavy atom. The zero-order valence-electron chi connectivity index (χ0n) is 24.7. The summed E-state index contributed by atoms with van der Waals surface area (Å²) in [4.78, 5) is 34.6. The molecule has 0 N–H and O–H groups in total. The summed E-state index contributed by atoms with van der Waals surface area (Å²) in [5.41, 5.74) is 6.20. The van der Waals surface area contributed by atoms with Gasteiger partial charge in [-0.15, -0.1) is 0 Å². The number of hydrogen-bond donors (Lipinski definition) is 0. The molecule has 0 amide bonds. The number of methoxy groups -OCH3 is 1. The fourth-order valence-corrected chi connectivity index (χ4v) is 6.59. The van der Waals surface area contributed by atoms with Gasteiger partial charge in [0.15, 0.2) is 4.80 Å². The van der Waals surface area contributed by atoms with E-state index >= 15 is 0 Å². The van der Waals surface area contributed by atoms with Crippen molar-refractivity contribution >= 4 is 40.7 Å². The number of ether oxygens (including phenoxy) is 2. The van der Waals surface area contributed by atoms with Gasteiger partial charge in [0.1, 0.15) is 11.8 Å². The average Bonchev–Trinajstić information content (AvgIpc) is 3.41. The van der Waals surface area contributed by atoms with Gasteiger partial charge in [-0.2, -0.15) is 0 Å². The second kappa shape index (κ2) is 11.7. The highest BCUT2D eigenvalue weighted by Crippen LogP contribution is 2.37. The van der Waals surface area contributed by atoms with Gasteiger partial charge < -0.3 is 18.9 Å². The van der Waals surface area contributed by atoms with Crippen molar-refractivity contribution in [2.24, 2.45) is 4.99 Å². The lowest BCUT2D eigenvalue weighted by atomic mass is 9.95. The number of fused-ring (bicyclic) bond motifs is 1. The van der Waals surface area contributed by atoms with Crippen LogP contribution in [0.25, 0.3) is 11.8 Å². The lowest BCUT2D eigenvalue weighted by molar-refractivity contribution is -0.139. The van der Waals surface area contributed by atoms with E-state index in [1.165, 1.54) is 11.3 Å². The number of aromatic nitrogens is 2. The van der Waals surface area contributed by atoms with E-state index in [0.717, 1.165) is 28.3 Å². The highest BCUT2D eigenvalue weighted by atomic mass is 35.5. The largest absolute Gasteiger partial charge is 0.496 e. The maximum absolute atomic E-state index is 14.1. The van der Waals surface area contributed by atoms with Crippen LogP contribution in [0.15, 0.2) is 69.6 Å². The van der Waals surface area contributed by atoms with E-state index in [2.05, 4.69) is 44.8 Å². The molecular formula is C32H33ClN4O4S. The second-order valence-corrected chi connectivity index (χ2v) is 11.7. The number of esters is 1. The topological polar surface area (TPSA) is 78.1 Å². The number of allylic oxidation sites excluding steroid dienone is 1. The summed E-state index contributed by atoms with van der Waals surface area (Å²) in [5, 5.41) is 0.455. The Bertz CT molecular complexity index is 1900. The molecule has 8 nitrogen and oxygen atoms in total. The monoisotopic (exact) mass is 604 g/mol. The van der Waals surface area contributed by atoms with Gasteiger partial charge >= 0.3 is 5.97 Å². The first-order valence-corrected chi connectivity index (χ1v) is 14.7. The van der Waals surface area contributed by atoms with E-state index in [1.807, 2.05) is 34.0 Å². The Hall–Kier alpha value is -4.08. The molecule has 1 aliphatic rings.